The molecular formula is C14H25N3O3S2. The fraction of sp³-hybridized carbons (Fsp3) is 0.643. The summed E-state index contributed by atoms with van der Waals surface area (Å²) in [5, 5.41) is 1.68. The van der Waals surface area contributed by atoms with E-state index < -0.39 is 16.1 Å². The molecule has 8 heteroatoms. The summed E-state index contributed by atoms with van der Waals surface area (Å²) in [6, 6.07) is 2.38. The van der Waals surface area contributed by atoms with Crippen LogP contribution in [0.1, 0.15) is 27.2 Å². The minimum absolute atomic E-state index is 0.0216. The Labute approximate surface area is 136 Å². The number of likely N-dealkylation sites (N-methyl/N-ethyl adjacent to an activating group) is 1. The Morgan fingerprint density at radius 3 is 2.55 bits per heavy atom. The fourth-order valence-corrected chi connectivity index (χ4v) is 4.08. The molecule has 2 unspecified atom stereocenters. The number of sulfonamides is 1. The number of rotatable bonds is 8. The number of amides is 1. The zero-order valence-corrected chi connectivity index (χ0v) is 15.1. The largest absolute Gasteiger partial charge is 0.344 e. The van der Waals surface area contributed by atoms with Crippen molar-refractivity contribution in [2.24, 2.45) is 11.7 Å². The van der Waals surface area contributed by atoms with E-state index in [2.05, 4.69) is 4.72 Å². The molecule has 0 aliphatic rings. The standard InChI is InChI=1S/C14H25N3O3S2/c1-10(2)12(15)7-8-17(4)14(18)11(3)16-22(19,20)13-6-5-9-21-13/h5-6,9-12,16H,7-8,15H2,1-4H3. The maximum Gasteiger partial charge on any atom is 0.250 e. The van der Waals surface area contributed by atoms with Gasteiger partial charge < -0.3 is 10.6 Å². The molecule has 0 fully saturated rings. The van der Waals surface area contributed by atoms with Crippen LogP contribution in [-0.4, -0.2) is 44.9 Å². The van der Waals surface area contributed by atoms with Crippen molar-refractivity contribution in [3.63, 3.8) is 0 Å². The molecule has 1 amide bonds. The number of thiophene rings is 1. The Morgan fingerprint density at radius 1 is 1.41 bits per heavy atom. The summed E-state index contributed by atoms with van der Waals surface area (Å²) < 4.78 is 26.8. The zero-order chi connectivity index (χ0) is 16.9. The Hall–Kier alpha value is -0.960. The van der Waals surface area contributed by atoms with Gasteiger partial charge in [0.05, 0.1) is 6.04 Å². The van der Waals surface area contributed by atoms with E-state index in [4.69, 9.17) is 5.73 Å². The van der Waals surface area contributed by atoms with Crippen LogP contribution in [0.5, 0.6) is 0 Å². The van der Waals surface area contributed by atoms with Crippen LogP contribution < -0.4 is 10.5 Å². The van der Waals surface area contributed by atoms with E-state index in [1.165, 1.54) is 11.0 Å². The Bertz CT molecular complexity index is 570. The summed E-state index contributed by atoms with van der Waals surface area (Å²) in [6.07, 6.45) is 0.685. The molecule has 0 spiro atoms. The number of nitrogens with zero attached hydrogens (tertiary/aromatic N) is 1. The number of hydrogen-bond donors (Lipinski definition) is 2. The molecule has 1 aromatic rings. The van der Waals surface area contributed by atoms with E-state index in [-0.39, 0.29) is 16.2 Å². The molecule has 1 rings (SSSR count). The van der Waals surface area contributed by atoms with Crippen LogP contribution in [0.3, 0.4) is 0 Å². The van der Waals surface area contributed by atoms with Gasteiger partial charge in [-0.05, 0) is 30.7 Å². The van der Waals surface area contributed by atoms with Gasteiger partial charge in [-0.3, -0.25) is 4.79 Å². The molecule has 2 atom stereocenters. The van der Waals surface area contributed by atoms with Crippen molar-refractivity contribution >= 4 is 27.3 Å². The third kappa shape index (κ3) is 5.35. The number of nitrogens with two attached hydrogens (primary N) is 1. The molecule has 3 N–H and O–H groups in total. The van der Waals surface area contributed by atoms with Crippen LogP contribution in [0.25, 0.3) is 0 Å². The van der Waals surface area contributed by atoms with Crippen molar-refractivity contribution in [1.82, 2.24) is 9.62 Å². The van der Waals surface area contributed by atoms with Crippen LogP contribution in [-0.2, 0) is 14.8 Å². The van der Waals surface area contributed by atoms with Gasteiger partial charge in [-0.15, -0.1) is 11.3 Å². The van der Waals surface area contributed by atoms with E-state index in [0.29, 0.717) is 18.9 Å². The van der Waals surface area contributed by atoms with Crippen molar-refractivity contribution in [2.45, 2.75) is 43.5 Å². The van der Waals surface area contributed by atoms with Crippen molar-refractivity contribution in [2.75, 3.05) is 13.6 Å². The van der Waals surface area contributed by atoms with Gasteiger partial charge in [0.2, 0.25) is 5.91 Å². The van der Waals surface area contributed by atoms with Crippen LogP contribution >= 0.6 is 11.3 Å². The molecular weight excluding hydrogens is 322 g/mol. The number of carbonyl (C=O) groups is 1. The van der Waals surface area contributed by atoms with Crippen molar-refractivity contribution in [3.05, 3.63) is 17.5 Å². The lowest BCUT2D eigenvalue weighted by molar-refractivity contribution is -0.131. The van der Waals surface area contributed by atoms with Gasteiger partial charge in [0.15, 0.2) is 0 Å². The molecule has 1 heterocycles. The van der Waals surface area contributed by atoms with Gasteiger partial charge in [-0.25, -0.2) is 8.42 Å². The SMILES string of the molecule is CC(NS(=O)(=O)c1cccs1)C(=O)N(C)CCC(N)C(C)C. The highest BCUT2D eigenvalue weighted by molar-refractivity contribution is 7.91. The molecule has 1 aromatic heterocycles. The maximum atomic E-state index is 12.2. The topological polar surface area (TPSA) is 92.5 Å². The molecule has 0 aromatic carbocycles. The smallest absolute Gasteiger partial charge is 0.250 e. The first-order chi connectivity index (χ1) is 10.1. The van der Waals surface area contributed by atoms with Gasteiger partial charge in [0, 0.05) is 19.6 Å². The third-order valence-corrected chi connectivity index (χ3v) is 6.43. The summed E-state index contributed by atoms with van der Waals surface area (Å²) in [4.78, 5) is 13.8. The number of carbonyl (C=O) groups excluding carboxylic acids is 1. The first-order valence-corrected chi connectivity index (χ1v) is 9.58. The molecule has 0 saturated heterocycles. The summed E-state index contributed by atoms with van der Waals surface area (Å²) in [5.41, 5.74) is 5.96. The lowest BCUT2D eigenvalue weighted by Gasteiger charge is -2.24. The van der Waals surface area contributed by atoms with Crippen LogP contribution in [0.2, 0.25) is 0 Å². The summed E-state index contributed by atoms with van der Waals surface area (Å²) >= 11 is 1.12. The summed E-state index contributed by atoms with van der Waals surface area (Å²) in [7, 11) is -1.99. The van der Waals surface area contributed by atoms with Gasteiger partial charge in [0.25, 0.3) is 10.0 Å². The van der Waals surface area contributed by atoms with Gasteiger partial charge in [0.1, 0.15) is 4.21 Å². The van der Waals surface area contributed by atoms with Crippen molar-refractivity contribution in [3.8, 4) is 0 Å². The predicted molar refractivity (Wildman–Crippen MR) is 89.2 cm³/mol. The van der Waals surface area contributed by atoms with Crippen molar-refractivity contribution in [1.29, 1.82) is 0 Å². The average Bonchev–Trinajstić information content (AvgIpc) is 2.97. The minimum atomic E-state index is -3.64. The lowest BCUT2D eigenvalue weighted by atomic mass is 10.0. The first-order valence-electron chi connectivity index (χ1n) is 7.21. The second kappa shape index (κ2) is 8.05. The van der Waals surface area contributed by atoms with E-state index in [0.717, 1.165) is 11.3 Å². The first kappa shape index (κ1) is 19.1. The molecule has 6 nitrogen and oxygen atoms in total. The molecule has 0 aliphatic heterocycles. The highest BCUT2D eigenvalue weighted by Gasteiger charge is 2.25. The Morgan fingerprint density at radius 2 is 2.05 bits per heavy atom. The van der Waals surface area contributed by atoms with Gasteiger partial charge in [-0.2, -0.15) is 4.72 Å². The minimum Gasteiger partial charge on any atom is -0.344 e. The van der Waals surface area contributed by atoms with Crippen LogP contribution in [0.4, 0.5) is 0 Å². The normalized spacial score (nSPS) is 14.8. The molecule has 0 aliphatic carbocycles. The van der Waals surface area contributed by atoms with Gasteiger partial charge in [-0.1, -0.05) is 19.9 Å². The van der Waals surface area contributed by atoms with E-state index in [1.807, 2.05) is 13.8 Å². The molecule has 22 heavy (non-hydrogen) atoms. The summed E-state index contributed by atoms with van der Waals surface area (Å²) in [5.74, 6) is 0.0781. The summed E-state index contributed by atoms with van der Waals surface area (Å²) in [6.45, 7) is 6.12. The molecule has 126 valence electrons. The van der Waals surface area contributed by atoms with Gasteiger partial charge >= 0.3 is 0 Å². The highest BCUT2D eigenvalue weighted by Crippen LogP contribution is 2.16. The zero-order valence-electron chi connectivity index (χ0n) is 13.4. The van der Waals surface area contributed by atoms with Crippen LogP contribution in [0.15, 0.2) is 21.7 Å². The highest BCUT2D eigenvalue weighted by atomic mass is 32.2. The Kier molecular flexibility index (Phi) is 6.98. The quantitative estimate of drug-likeness (QED) is 0.740. The van der Waals surface area contributed by atoms with E-state index >= 15 is 0 Å². The monoisotopic (exact) mass is 347 g/mol. The van der Waals surface area contributed by atoms with E-state index in [9.17, 15) is 13.2 Å². The third-order valence-electron chi connectivity index (χ3n) is 3.49. The Balaban J connectivity index is 2.58. The molecule has 0 saturated carbocycles. The second-order valence-corrected chi connectivity index (χ2v) is 8.62. The van der Waals surface area contributed by atoms with E-state index in [1.54, 1.807) is 25.4 Å². The number of hydrogen-bond acceptors (Lipinski definition) is 5. The molecule has 0 radical (unpaired) electrons. The predicted octanol–water partition coefficient (Wildman–Crippen LogP) is 1.25. The maximum absolute atomic E-state index is 12.2. The molecule has 0 bridgehead atoms. The fourth-order valence-electron chi connectivity index (χ4n) is 1.87. The van der Waals surface area contributed by atoms with Crippen molar-refractivity contribution < 1.29 is 13.2 Å². The van der Waals surface area contributed by atoms with Crippen LogP contribution in [0, 0.1) is 5.92 Å². The lowest BCUT2D eigenvalue weighted by Crippen LogP contribution is -2.46. The number of nitrogens with one attached hydrogen (secondary N) is 1. The average molecular weight is 348 g/mol. The second-order valence-electron chi connectivity index (χ2n) is 5.73.